The second-order valence-electron chi connectivity index (χ2n) is 8.21. The molecule has 5 rings (SSSR count). The smallest absolute Gasteiger partial charge is 0.220 e. The Morgan fingerprint density at radius 2 is 2.00 bits per heavy atom. The molecule has 1 fully saturated rings. The maximum atomic E-state index is 11.5. The normalized spacial score (nSPS) is 16.2. The molecule has 1 aliphatic rings. The maximum Gasteiger partial charge on any atom is 0.220 e. The Morgan fingerprint density at radius 1 is 1.18 bits per heavy atom. The summed E-state index contributed by atoms with van der Waals surface area (Å²) in [5, 5.41) is 12.6. The molecule has 7 heteroatoms. The zero-order valence-electron chi connectivity index (χ0n) is 18.2. The number of aromatic nitrogens is 2. The summed E-state index contributed by atoms with van der Waals surface area (Å²) in [7, 11) is 1.91. The minimum Gasteiger partial charge on any atom is -0.400 e. The Balaban J connectivity index is 1.45. The highest BCUT2D eigenvalue weighted by Crippen LogP contribution is 2.36. The Kier molecular flexibility index (Phi) is 5.52. The number of aryl methyl sites for hydroxylation is 1. The van der Waals surface area contributed by atoms with Crippen LogP contribution in [0, 0.1) is 0 Å². The number of nitrogens with two attached hydrogens (primary N) is 1. The van der Waals surface area contributed by atoms with E-state index in [1.165, 1.54) is 0 Å². The topological polar surface area (TPSA) is 85.0 Å². The van der Waals surface area contributed by atoms with Crippen molar-refractivity contribution in [1.29, 1.82) is 0 Å². The Bertz CT molecular complexity index is 1380. The molecule has 1 aliphatic heterocycles. The first-order valence-electron chi connectivity index (χ1n) is 10.8. The molecule has 3 aromatic carbocycles. The maximum absolute atomic E-state index is 11.5. The molecule has 1 unspecified atom stereocenters. The van der Waals surface area contributed by atoms with Crippen molar-refractivity contribution < 1.29 is 4.79 Å². The number of nitrogens with one attached hydrogen (secondary N) is 2. The van der Waals surface area contributed by atoms with E-state index in [2.05, 4.69) is 15.7 Å². The van der Waals surface area contributed by atoms with Crippen LogP contribution in [0.2, 0.25) is 5.02 Å². The predicted octanol–water partition coefficient (Wildman–Crippen LogP) is 5.22. The average Bonchev–Trinajstić information content (AvgIpc) is 3.39. The van der Waals surface area contributed by atoms with Gasteiger partial charge < -0.3 is 16.4 Å². The fourth-order valence-corrected chi connectivity index (χ4v) is 4.49. The van der Waals surface area contributed by atoms with Crippen LogP contribution in [0.15, 0.2) is 72.4 Å². The highest BCUT2D eigenvalue weighted by molar-refractivity contribution is 6.36. The number of nitrogens with zero attached hydrogens (tertiary/aromatic N) is 2. The number of anilines is 2. The monoisotopic (exact) mass is 457 g/mol. The fourth-order valence-electron chi connectivity index (χ4n) is 4.21. The van der Waals surface area contributed by atoms with Crippen molar-refractivity contribution in [2.24, 2.45) is 12.8 Å². The average molecular weight is 458 g/mol. The van der Waals surface area contributed by atoms with Crippen LogP contribution >= 0.6 is 11.6 Å². The van der Waals surface area contributed by atoms with Crippen LogP contribution in [-0.4, -0.2) is 21.7 Å². The standard InChI is InChI=1S/C26H24ClN5O/c1-32-23-15-16(14-20(28)21-12-13-24(33)29-21)10-11-19(23)26(31-32)30-22-9-5-8-18(25(22)27)17-6-3-2-4-7-17/h2-11,14-15,21H,12-13,28H2,1H3,(H,29,33)(H,30,31). The number of benzene rings is 3. The van der Waals surface area contributed by atoms with Gasteiger partial charge in [0.25, 0.3) is 0 Å². The van der Waals surface area contributed by atoms with Gasteiger partial charge in [-0.05, 0) is 41.8 Å². The van der Waals surface area contributed by atoms with Gasteiger partial charge in [-0.3, -0.25) is 9.48 Å². The number of hydrogen-bond donors (Lipinski definition) is 3. The molecule has 4 N–H and O–H groups in total. The second kappa shape index (κ2) is 8.64. The van der Waals surface area contributed by atoms with Gasteiger partial charge in [-0.15, -0.1) is 0 Å². The summed E-state index contributed by atoms with van der Waals surface area (Å²) in [4.78, 5) is 11.5. The molecule has 2 heterocycles. The Morgan fingerprint density at radius 3 is 2.76 bits per heavy atom. The fraction of sp³-hybridized carbons (Fsp3) is 0.154. The third-order valence-electron chi connectivity index (χ3n) is 5.94. The molecule has 6 nitrogen and oxygen atoms in total. The summed E-state index contributed by atoms with van der Waals surface area (Å²) in [6.45, 7) is 0. The zero-order chi connectivity index (χ0) is 22.9. The molecule has 1 aromatic heterocycles. The quantitative estimate of drug-likeness (QED) is 0.383. The SMILES string of the molecule is Cn1nc(Nc2cccc(-c3ccccc3)c2Cl)c2ccc(C=C(N)C3CCC(=O)N3)cc21. The van der Waals surface area contributed by atoms with E-state index in [0.29, 0.717) is 17.1 Å². The van der Waals surface area contributed by atoms with Crippen LogP contribution < -0.4 is 16.4 Å². The van der Waals surface area contributed by atoms with Crippen molar-refractivity contribution in [3.8, 4) is 11.1 Å². The second-order valence-corrected chi connectivity index (χ2v) is 8.59. The molecule has 33 heavy (non-hydrogen) atoms. The number of carbonyl (C=O) groups excluding carboxylic acids is 1. The van der Waals surface area contributed by atoms with Gasteiger partial charge in [0.05, 0.1) is 22.3 Å². The molecular weight excluding hydrogens is 434 g/mol. The number of fused-ring (bicyclic) bond motifs is 1. The van der Waals surface area contributed by atoms with Gasteiger partial charge in [0.2, 0.25) is 5.91 Å². The number of rotatable bonds is 5. The van der Waals surface area contributed by atoms with Gasteiger partial charge >= 0.3 is 0 Å². The van der Waals surface area contributed by atoms with E-state index in [1.807, 2.05) is 84.5 Å². The highest BCUT2D eigenvalue weighted by Gasteiger charge is 2.22. The van der Waals surface area contributed by atoms with E-state index in [0.717, 1.165) is 45.5 Å². The lowest BCUT2D eigenvalue weighted by Crippen LogP contribution is -2.30. The van der Waals surface area contributed by atoms with Crippen molar-refractivity contribution in [2.45, 2.75) is 18.9 Å². The van der Waals surface area contributed by atoms with Crippen LogP contribution in [0.25, 0.3) is 28.1 Å². The zero-order valence-corrected chi connectivity index (χ0v) is 18.9. The largest absolute Gasteiger partial charge is 0.400 e. The third-order valence-corrected chi connectivity index (χ3v) is 6.35. The molecule has 1 amide bonds. The highest BCUT2D eigenvalue weighted by atomic mass is 35.5. The molecule has 0 aliphatic carbocycles. The molecule has 0 saturated carbocycles. The first-order valence-corrected chi connectivity index (χ1v) is 11.2. The predicted molar refractivity (Wildman–Crippen MR) is 134 cm³/mol. The van der Waals surface area contributed by atoms with Gasteiger partial charge in [0, 0.05) is 30.1 Å². The van der Waals surface area contributed by atoms with Gasteiger partial charge in [-0.25, -0.2) is 0 Å². The van der Waals surface area contributed by atoms with Crippen LogP contribution in [0.4, 0.5) is 11.5 Å². The Labute approximate surface area is 197 Å². The molecule has 166 valence electrons. The van der Waals surface area contributed by atoms with Crippen molar-refractivity contribution in [3.63, 3.8) is 0 Å². The molecule has 0 spiro atoms. The minimum absolute atomic E-state index is 0.0455. The van der Waals surface area contributed by atoms with Gasteiger partial charge in [-0.1, -0.05) is 60.1 Å². The van der Waals surface area contributed by atoms with E-state index >= 15 is 0 Å². The molecule has 0 bridgehead atoms. The summed E-state index contributed by atoms with van der Waals surface area (Å²) in [6, 6.07) is 22.0. The summed E-state index contributed by atoms with van der Waals surface area (Å²) in [5.74, 6) is 0.773. The summed E-state index contributed by atoms with van der Waals surface area (Å²) in [6.07, 6.45) is 3.16. The van der Waals surface area contributed by atoms with Crippen LogP contribution in [-0.2, 0) is 11.8 Å². The first kappa shape index (κ1) is 21.1. The van der Waals surface area contributed by atoms with E-state index in [1.54, 1.807) is 0 Å². The van der Waals surface area contributed by atoms with Crippen molar-refractivity contribution >= 4 is 46.0 Å². The lowest BCUT2D eigenvalue weighted by Gasteiger charge is -2.11. The summed E-state index contributed by atoms with van der Waals surface area (Å²) < 4.78 is 1.83. The van der Waals surface area contributed by atoms with Crippen LogP contribution in [0.5, 0.6) is 0 Å². The van der Waals surface area contributed by atoms with Crippen LogP contribution in [0.3, 0.4) is 0 Å². The van der Waals surface area contributed by atoms with Gasteiger partial charge in [-0.2, -0.15) is 5.10 Å². The van der Waals surface area contributed by atoms with E-state index in [4.69, 9.17) is 17.3 Å². The summed E-state index contributed by atoms with van der Waals surface area (Å²) >= 11 is 6.76. The van der Waals surface area contributed by atoms with Gasteiger partial charge in [0.1, 0.15) is 0 Å². The number of carbonyl (C=O) groups is 1. The van der Waals surface area contributed by atoms with Crippen molar-refractivity contribution in [3.05, 3.63) is 83.0 Å². The van der Waals surface area contributed by atoms with E-state index in [9.17, 15) is 4.79 Å². The summed E-state index contributed by atoms with van der Waals surface area (Å²) in [5.41, 5.74) is 11.6. The molecule has 1 saturated heterocycles. The Hall–Kier alpha value is -3.77. The van der Waals surface area contributed by atoms with E-state index < -0.39 is 0 Å². The molecule has 4 aromatic rings. The minimum atomic E-state index is -0.101. The van der Waals surface area contributed by atoms with Crippen molar-refractivity contribution in [1.82, 2.24) is 15.1 Å². The molecule has 1 atom stereocenters. The molecular formula is C26H24ClN5O. The number of halogens is 1. The number of amides is 1. The lowest BCUT2D eigenvalue weighted by molar-refractivity contribution is -0.119. The van der Waals surface area contributed by atoms with Crippen LogP contribution in [0.1, 0.15) is 18.4 Å². The van der Waals surface area contributed by atoms with E-state index in [-0.39, 0.29) is 11.9 Å². The lowest BCUT2D eigenvalue weighted by atomic mass is 10.0. The third kappa shape index (κ3) is 4.17. The molecule has 0 radical (unpaired) electrons. The van der Waals surface area contributed by atoms with Gasteiger partial charge in [0.15, 0.2) is 5.82 Å². The van der Waals surface area contributed by atoms with Crippen molar-refractivity contribution in [2.75, 3.05) is 5.32 Å². The number of hydrogen-bond acceptors (Lipinski definition) is 4. The first-order chi connectivity index (χ1) is 16.0.